The van der Waals surface area contributed by atoms with Crippen molar-refractivity contribution < 1.29 is 9.59 Å². The number of aromatic nitrogens is 2. The van der Waals surface area contributed by atoms with E-state index < -0.39 is 0 Å². The van der Waals surface area contributed by atoms with E-state index in [0.29, 0.717) is 17.8 Å². The Hall–Kier alpha value is -3.15. The zero-order valence-electron chi connectivity index (χ0n) is 16.2. The van der Waals surface area contributed by atoms with Gasteiger partial charge in [-0.25, -0.2) is 4.98 Å². The number of aryl methyl sites for hydroxylation is 1. The number of hydrogen-bond donors (Lipinski definition) is 1. The first-order chi connectivity index (χ1) is 13.5. The molecule has 0 spiro atoms. The van der Waals surface area contributed by atoms with Gasteiger partial charge in [0.15, 0.2) is 0 Å². The molecule has 6 heteroatoms. The second-order valence-electron chi connectivity index (χ2n) is 7.37. The Morgan fingerprint density at radius 3 is 2.57 bits per heavy atom. The van der Waals surface area contributed by atoms with Crippen LogP contribution < -0.4 is 5.32 Å². The van der Waals surface area contributed by atoms with Crippen LogP contribution in [0, 0.1) is 0 Å². The number of nitrogens with zero attached hydrogens (tertiary/aromatic N) is 3. The lowest BCUT2D eigenvalue weighted by Gasteiger charge is -2.32. The average Bonchev–Trinajstić information content (AvgIpc) is 3.05. The van der Waals surface area contributed by atoms with Crippen molar-refractivity contribution in [1.82, 2.24) is 14.5 Å². The minimum Gasteiger partial charge on any atom is -0.338 e. The van der Waals surface area contributed by atoms with Crippen LogP contribution in [0.25, 0.3) is 11.0 Å². The number of fused-ring (bicyclic) bond motifs is 1. The van der Waals surface area contributed by atoms with E-state index in [1.807, 2.05) is 30.1 Å². The number of piperidine rings is 1. The Bertz CT molecular complexity index is 1020. The van der Waals surface area contributed by atoms with Gasteiger partial charge in [-0.3, -0.25) is 9.59 Å². The number of benzene rings is 2. The fraction of sp³-hybridized carbons (Fsp3) is 0.318. The average molecular weight is 376 g/mol. The molecule has 0 bridgehead atoms. The summed E-state index contributed by atoms with van der Waals surface area (Å²) in [5.74, 6) is 1.17. The van der Waals surface area contributed by atoms with Crippen molar-refractivity contribution in [3.8, 4) is 0 Å². The molecule has 144 valence electrons. The Morgan fingerprint density at radius 1 is 1.11 bits per heavy atom. The van der Waals surface area contributed by atoms with Crippen LogP contribution in [0.5, 0.6) is 0 Å². The van der Waals surface area contributed by atoms with Crippen molar-refractivity contribution >= 4 is 28.5 Å². The van der Waals surface area contributed by atoms with E-state index >= 15 is 0 Å². The SMILES string of the molecule is CC(=O)Nc1ccc(C(=O)N2CCCC(c3nc4ccccc4n3C)C2)cc1. The van der Waals surface area contributed by atoms with Crippen LogP contribution >= 0.6 is 0 Å². The molecule has 1 aliphatic heterocycles. The number of nitrogens with one attached hydrogen (secondary N) is 1. The van der Waals surface area contributed by atoms with Crippen molar-refractivity contribution in [3.63, 3.8) is 0 Å². The van der Waals surface area contributed by atoms with E-state index in [4.69, 9.17) is 4.98 Å². The van der Waals surface area contributed by atoms with Crippen LogP contribution in [-0.2, 0) is 11.8 Å². The summed E-state index contributed by atoms with van der Waals surface area (Å²) < 4.78 is 2.15. The van der Waals surface area contributed by atoms with Crippen molar-refractivity contribution in [2.24, 2.45) is 7.05 Å². The van der Waals surface area contributed by atoms with Gasteiger partial charge in [-0.05, 0) is 49.2 Å². The molecule has 6 nitrogen and oxygen atoms in total. The lowest BCUT2D eigenvalue weighted by molar-refractivity contribution is -0.114. The number of anilines is 1. The summed E-state index contributed by atoms with van der Waals surface area (Å²) in [5.41, 5.74) is 3.45. The number of likely N-dealkylation sites (tertiary alicyclic amines) is 1. The van der Waals surface area contributed by atoms with Gasteiger partial charge >= 0.3 is 0 Å². The highest BCUT2D eigenvalue weighted by Gasteiger charge is 2.28. The number of para-hydroxylation sites is 2. The maximum absolute atomic E-state index is 13.0. The van der Waals surface area contributed by atoms with E-state index in [-0.39, 0.29) is 17.7 Å². The molecule has 4 rings (SSSR count). The van der Waals surface area contributed by atoms with Crippen molar-refractivity contribution in [3.05, 3.63) is 59.9 Å². The van der Waals surface area contributed by atoms with Crippen LogP contribution in [0.4, 0.5) is 5.69 Å². The summed E-state index contributed by atoms with van der Waals surface area (Å²) in [5, 5.41) is 2.72. The standard InChI is InChI=1S/C22H24N4O2/c1-15(27)23-18-11-9-16(10-12-18)22(28)26-13-5-6-17(14-26)21-24-19-7-3-4-8-20(19)25(21)2/h3-4,7-12,17H,5-6,13-14H2,1-2H3,(H,23,27). The van der Waals surface area contributed by atoms with Gasteiger partial charge in [0.2, 0.25) is 5.91 Å². The molecule has 1 aromatic heterocycles. The van der Waals surface area contributed by atoms with Crippen LogP contribution in [0.15, 0.2) is 48.5 Å². The molecule has 1 atom stereocenters. The second kappa shape index (κ2) is 7.46. The predicted octanol–water partition coefficient (Wildman–Crippen LogP) is 3.55. The highest BCUT2D eigenvalue weighted by molar-refractivity contribution is 5.95. The minimum absolute atomic E-state index is 0.0258. The lowest BCUT2D eigenvalue weighted by atomic mass is 9.96. The third kappa shape index (κ3) is 3.50. The quantitative estimate of drug-likeness (QED) is 0.760. The molecule has 2 aromatic carbocycles. The number of rotatable bonds is 3. The van der Waals surface area contributed by atoms with Crippen molar-refractivity contribution in [2.45, 2.75) is 25.7 Å². The van der Waals surface area contributed by atoms with Crippen molar-refractivity contribution in [1.29, 1.82) is 0 Å². The van der Waals surface area contributed by atoms with Crippen LogP contribution in [0.2, 0.25) is 0 Å². The Morgan fingerprint density at radius 2 is 1.86 bits per heavy atom. The maximum Gasteiger partial charge on any atom is 0.253 e. The molecule has 0 aliphatic carbocycles. The van der Waals surface area contributed by atoms with E-state index in [2.05, 4.69) is 16.0 Å². The Balaban J connectivity index is 1.52. The Labute approximate surface area is 164 Å². The molecule has 0 saturated carbocycles. The highest BCUT2D eigenvalue weighted by atomic mass is 16.2. The summed E-state index contributed by atoms with van der Waals surface area (Å²) in [7, 11) is 2.05. The summed E-state index contributed by atoms with van der Waals surface area (Å²) in [6.07, 6.45) is 1.99. The first kappa shape index (κ1) is 18.2. The molecule has 1 fully saturated rings. The lowest BCUT2D eigenvalue weighted by Crippen LogP contribution is -2.39. The zero-order valence-corrected chi connectivity index (χ0v) is 16.2. The van der Waals surface area contributed by atoms with Gasteiger partial charge in [0.1, 0.15) is 5.82 Å². The molecule has 2 amide bonds. The van der Waals surface area contributed by atoms with Gasteiger partial charge in [-0.1, -0.05) is 12.1 Å². The Kier molecular flexibility index (Phi) is 4.86. The van der Waals surface area contributed by atoms with Crippen molar-refractivity contribution in [2.75, 3.05) is 18.4 Å². The highest BCUT2D eigenvalue weighted by Crippen LogP contribution is 2.29. The van der Waals surface area contributed by atoms with E-state index in [9.17, 15) is 9.59 Å². The fourth-order valence-corrected chi connectivity index (χ4v) is 3.98. The summed E-state index contributed by atoms with van der Waals surface area (Å²) in [6.45, 7) is 2.89. The smallest absolute Gasteiger partial charge is 0.253 e. The number of imidazole rings is 1. The summed E-state index contributed by atoms with van der Waals surface area (Å²) >= 11 is 0. The van der Waals surface area contributed by atoms with Crippen LogP contribution in [0.1, 0.15) is 41.9 Å². The van der Waals surface area contributed by atoms with E-state index in [1.165, 1.54) is 6.92 Å². The third-order valence-corrected chi connectivity index (χ3v) is 5.35. The number of hydrogen-bond acceptors (Lipinski definition) is 3. The van der Waals surface area contributed by atoms with E-state index in [0.717, 1.165) is 36.2 Å². The van der Waals surface area contributed by atoms with Gasteiger partial charge in [-0.15, -0.1) is 0 Å². The van der Waals surface area contributed by atoms with Crippen LogP contribution in [-0.4, -0.2) is 39.4 Å². The maximum atomic E-state index is 13.0. The molecule has 1 aliphatic rings. The first-order valence-corrected chi connectivity index (χ1v) is 9.61. The summed E-state index contributed by atoms with van der Waals surface area (Å²) in [6, 6.07) is 15.2. The molecule has 28 heavy (non-hydrogen) atoms. The van der Waals surface area contributed by atoms with Gasteiger partial charge in [-0.2, -0.15) is 0 Å². The number of amides is 2. The van der Waals surface area contributed by atoms with Gasteiger partial charge in [0, 0.05) is 44.2 Å². The van der Waals surface area contributed by atoms with Gasteiger partial charge in [0.25, 0.3) is 5.91 Å². The van der Waals surface area contributed by atoms with Crippen LogP contribution in [0.3, 0.4) is 0 Å². The van der Waals surface area contributed by atoms with Gasteiger partial charge in [0.05, 0.1) is 11.0 Å². The largest absolute Gasteiger partial charge is 0.338 e. The number of carbonyl (C=O) groups is 2. The number of carbonyl (C=O) groups excluding carboxylic acids is 2. The fourth-order valence-electron chi connectivity index (χ4n) is 3.98. The van der Waals surface area contributed by atoms with E-state index in [1.54, 1.807) is 24.3 Å². The molecular weight excluding hydrogens is 352 g/mol. The third-order valence-electron chi connectivity index (χ3n) is 5.35. The molecule has 1 unspecified atom stereocenters. The molecule has 3 aromatic rings. The topological polar surface area (TPSA) is 67.2 Å². The molecular formula is C22H24N4O2. The zero-order chi connectivity index (χ0) is 19.7. The molecule has 1 saturated heterocycles. The predicted molar refractivity (Wildman–Crippen MR) is 109 cm³/mol. The second-order valence-corrected chi connectivity index (χ2v) is 7.37. The summed E-state index contributed by atoms with van der Waals surface area (Å²) in [4.78, 5) is 30.9. The molecule has 0 radical (unpaired) electrons. The normalized spacial score (nSPS) is 16.9. The molecule has 2 heterocycles. The first-order valence-electron chi connectivity index (χ1n) is 9.61. The minimum atomic E-state index is -0.125. The molecule has 1 N–H and O–H groups in total. The van der Waals surface area contributed by atoms with Gasteiger partial charge < -0.3 is 14.8 Å². The monoisotopic (exact) mass is 376 g/mol.